The Kier molecular flexibility index (Phi) is 5.24. The molecule has 0 aromatic carbocycles. The molecule has 3 N–H and O–H groups in total. The van der Waals surface area contributed by atoms with E-state index in [9.17, 15) is 4.79 Å². The molecule has 1 atom stereocenters. The predicted molar refractivity (Wildman–Crippen MR) is 61.6 cm³/mol. The SMILES string of the molecule is CCC(C)(OC)C(=O)NC(C)(C)CCN. The van der Waals surface area contributed by atoms with Gasteiger partial charge < -0.3 is 15.8 Å². The first-order valence-electron chi connectivity index (χ1n) is 5.39. The van der Waals surface area contributed by atoms with Crippen LogP contribution >= 0.6 is 0 Å². The summed E-state index contributed by atoms with van der Waals surface area (Å²) in [5, 5.41) is 2.96. The lowest BCUT2D eigenvalue weighted by molar-refractivity contribution is -0.143. The Morgan fingerprint density at radius 2 is 1.93 bits per heavy atom. The summed E-state index contributed by atoms with van der Waals surface area (Å²) in [5.74, 6) is -0.0778. The van der Waals surface area contributed by atoms with Crippen LogP contribution in [0.5, 0.6) is 0 Å². The molecule has 0 aromatic rings. The van der Waals surface area contributed by atoms with Crippen LogP contribution < -0.4 is 11.1 Å². The molecule has 1 amide bonds. The molecule has 15 heavy (non-hydrogen) atoms. The Morgan fingerprint density at radius 3 is 2.27 bits per heavy atom. The highest BCUT2D eigenvalue weighted by atomic mass is 16.5. The second kappa shape index (κ2) is 5.47. The van der Waals surface area contributed by atoms with Gasteiger partial charge in [-0.1, -0.05) is 6.92 Å². The van der Waals surface area contributed by atoms with Crippen LogP contribution in [-0.2, 0) is 9.53 Å². The number of methoxy groups -OCH3 is 1. The highest BCUT2D eigenvalue weighted by Crippen LogP contribution is 2.17. The number of hydrogen-bond acceptors (Lipinski definition) is 3. The molecule has 0 fully saturated rings. The standard InChI is InChI=1S/C11H24N2O2/c1-6-11(4,15-5)9(14)13-10(2,3)7-8-12/h6-8,12H2,1-5H3,(H,13,14). The summed E-state index contributed by atoms with van der Waals surface area (Å²) in [7, 11) is 1.55. The van der Waals surface area contributed by atoms with Gasteiger partial charge in [0.25, 0.3) is 5.91 Å². The molecular formula is C11H24N2O2. The number of carbonyl (C=O) groups excluding carboxylic acids is 1. The molecule has 0 aliphatic carbocycles. The van der Waals surface area contributed by atoms with Crippen LogP contribution in [-0.4, -0.2) is 30.7 Å². The maximum atomic E-state index is 11.9. The number of carbonyl (C=O) groups is 1. The zero-order chi connectivity index (χ0) is 12.1. The van der Waals surface area contributed by atoms with Gasteiger partial charge in [-0.25, -0.2) is 0 Å². The number of nitrogens with two attached hydrogens (primary N) is 1. The second-order valence-corrected chi connectivity index (χ2v) is 4.67. The monoisotopic (exact) mass is 216 g/mol. The summed E-state index contributed by atoms with van der Waals surface area (Å²) < 4.78 is 5.23. The Balaban J connectivity index is 4.47. The summed E-state index contributed by atoms with van der Waals surface area (Å²) in [5.41, 5.74) is 4.46. The van der Waals surface area contributed by atoms with E-state index in [2.05, 4.69) is 5.32 Å². The highest BCUT2D eigenvalue weighted by Gasteiger charge is 2.34. The van der Waals surface area contributed by atoms with Crippen molar-refractivity contribution in [3.8, 4) is 0 Å². The van der Waals surface area contributed by atoms with E-state index in [4.69, 9.17) is 10.5 Å². The van der Waals surface area contributed by atoms with Gasteiger partial charge in [0, 0.05) is 12.6 Å². The van der Waals surface area contributed by atoms with Crippen molar-refractivity contribution in [3.05, 3.63) is 0 Å². The Labute approximate surface area is 92.6 Å². The molecule has 4 heteroatoms. The Morgan fingerprint density at radius 1 is 1.40 bits per heavy atom. The van der Waals surface area contributed by atoms with E-state index in [0.29, 0.717) is 13.0 Å². The van der Waals surface area contributed by atoms with E-state index in [-0.39, 0.29) is 11.4 Å². The molecule has 0 aliphatic heterocycles. The molecule has 0 spiro atoms. The van der Waals surface area contributed by atoms with Gasteiger partial charge in [0.05, 0.1) is 0 Å². The van der Waals surface area contributed by atoms with Crippen LogP contribution in [0.4, 0.5) is 0 Å². The molecule has 0 saturated carbocycles. The predicted octanol–water partition coefficient (Wildman–Crippen LogP) is 1.05. The van der Waals surface area contributed by atoms with Gasteiger partial charge in [-0.2, -0.15) is 0 Å². The van der Waals surface area contributed by atoms with Crippen LogP contribution in [0.2, 0.25) is 0 Å². The zero-order valence-corrected chi connectivity index (χ0v) is 10.5. The van der Waals surface area contributed by atoms with Crippen molar-refractivity contribution in [2.24, 2.45) is 5.73 Å². The average molecular weight is 216 g/mol. The first-order chi connectivity index (χ1) is 6.81. The first-order valence-corrected chi connectivity index (χ1v) is 5.39. The number of ether oxygens (including phenoxy) is 1. The topological polar surface area (TPSA) is 64.3 Å². The van der Waals surface area contributed by atoms with Gasteiger partial charge in [-0.3, -0.25) is 4.79 Å². The van der Waals surface area contributed by atoms with E-state index < -0.39 is 5.60 Å². The van der Waals surface area contributed by atoms with Crippen LogP contribution in [0, 0.1) is 0 Å². The van der Waals surface area contributed by atoms with Crippen LogP contribution in [0.25, 0.3) is 0 Å². The molecule has 1 unspecified atom stereocenters. The van der Waals surface area contributed by atoms with Crippen molar-refractivity contribution in [2.75, 3.05) is 13.7 Å². The van der Waals surface area contributed by atoms with Crippen molar-refractivity contribution in [1.29, 1.82) is 0 Å². The van der Waals surface area contributed by atoms with Crippen molar-refractivity contribution in [1.82, 2.24) is 5.32 Å². The van der Waals surface area contributed by atoms with Gasteiger partial charge in [0.15, 0.2) is 0 Å². The van der Waals surface area contributed by atoms with Gasteiger partial charge in [-0.05, 0) is 40.2 Å². The van der Waals surface area contributed by atoms with Crippen molar-refractivity contribution >= 4 is 5.91 Å². The fourth-order valence-electron chi connectivity index (χ4n) is 1.26. The van der Waals surface area contributed by atoms with E-state index in [0.717, 1.165) is 6.42 Å². The minimum atomic E-state index is -0.744. The molecule has 90 valence electrons. The minimum absolute atomic E-state index is 0.0778. The maximum Gasteiger partial charge on any atom is 0.252 e. The molecule has 0 rings (SSSR count). The summed E-state index contributed by atoms with van der Waals surface area (Å²) in [6.07, 6.45) is 1.40. The van der Waals surface area contributed by atoms with E-state index >= 15 is 0 Å². The van der Waals surface area contributed by atoms with Gasteiger partial charge >= 0.3 is 0 Å². The molecule has 0 heterocycles. The molecule has 0 radical (unpaired) electrons. The number of rotatable bonds is 6. The summed E-state index contributed by atoms with van der Waals surface area (Å²) in [6.45, 7) is 8.20. The van der Waals surface area contributed by atoms with E-state index in [1.165, 1.54) is 0 Å². The Bertz CT molecular complexity index is 211. The Hall–Kier alpha value is -0.610. The third-order valence-corrected chi connectivity index (χ3v) is 2.83. The highest BCUT2D eigenvalue weighted by molar-refractivity contribution is 5.85. The quantitative estimate of drug-likeness (QED) is 0.697. The molecule has 0 saturated heterocycles. The maximum absolute atomic E-state index is 11.9. The third kappa shape index (κ3) is 4.18. The lowest BCUT2D eigenvalue weighted by Gasteiger charge is -2.32. The molecular weight excluding hydrogens is 192 g/mol. The van der Waals surface area contributed by atoms with Gasteiger partial charge in [0.2, 0.25) is 0 Å². The summed E-state index contributed by atoms with van der Waals surface area (Å²) in [6, 6.07) is 0. The normalized spacial score (nSPS) is 15.9. The van der Waals surface area contributed by atoms with Crippen LogP contribution in [0.1, 0.15) is 40.5 Å². The first kappa shape index (κ1) is 14.4. The van der Waals surface area contributed by atoms with Crippen molar-refractivity contribution in [2.45, 2.75) is 51.7 Å². The number of nitrogens with one attached hydrogen (secondary N) is 1. The van der Waals surface area contributed by atoms with Gasteiger partial charge in [-0.15, -0.1) is 0 Å². The summed E-state index contributed by atoms with van der Waals surface area (Å²) in [4.78, 5) is 11.9. The number of hydrogen-bond donors (Lipinski definition) is 2. The lowest BCUT2D eigenvalue weighted by Crippen LogP contribution is -2.54. The fraction of sp³-hybridized carbons (Fsp3) is 0.909. The molecule has 0 bridgehead atoms. The third-order valence-electron chi connectivity index (χ3n) is 2.83. The van der Waals surface area contributed by atoms with E-state index in [1.54, 1.807) is 14.0 Å². The minimum Gasteiger partial charge on any atom is -0.369 e. The van der Waals surface area contributed by atoms with E-state index in [1.807, 2.05) is 20.8 Å². The lowest BCUT2D eigenvalue weighted by atomic mass is 9.96. The fourth-order valence-corrected chi connectivity index (χ4v) is 1.26. The van der Waals surface area contributed by atoms with Crippen molar-refractivity contribution in [3.63, 3.8) is 0 Å². The number of amides is 1. The zero-order valence-electron chi connectivity index (χ0n) is 10.5. The second-order valence-electron chi connectivity index (χ2n) is 4.67. The van der Waals surface area contributed by atoms with Gasteiger partial charge in [0.1, 0.15) is 5.60 Å². The smallest absolute Gasteiger partial charge is 0.252 e. The van der Waals surface area contributed by atoms with Crippen LogP contribution in [0.3, 0.4) is 0 Å². The molecule has 4 nitrogen and oxygen atoms in total. The summed E-state index contributed by atoms with van der Waals surface area (Å²) >= 11 is 0. The molecule has 0 aliphatic rings. The van der Waals surface area contributed by atoms with Crippen LogP contribution in [0.15, 0.2) is 0 Å². The van der Waals surface area contributed by atoms with Crippen molar-refractivity contribution < 1.29 is 9.53 Å². The average Bonchev–Trinajstić information content (AvgIpc) is 2.15. The largest absolute Gasteiger partial charge is 0.369 e. The molecule has 0 aromatic heterocycles.